The molecule has 1 aliphatic heterocycles. The summed E-state index contributed by atoms with van der Waals surface area (Å²) in [5.74, 6) is 1.13. The molecule has 1 heterocycles. The zero-order valence-electron chi connectivity index (χ0n) is 7.05. The number of hydrogen-bond donors (Lipinski definition) is 0. The summed E-state index contributed by atoms with van der Waals surface area (Å²) < 4.78 is 0. The Hall–Kier alpha value is -0.530. The van der Waals surface area contributed by atoms with Gasteiger partial charge in [-0.05, 0) is 32.1 Å². The Bertz CT molecular complexity index is 178. The lowest BCUT2D eigenvalue weighted by molar-refractivity contribution is -0.136. The molecule has 1 saturated heterocycles. The number of amides is 1. The smallest absolute Gasteiger partial charge is 0.223 e. The van der Waals surface area contributed by atoms with Crippen LogP contribution in [0.5, 0.6) is 0 Å². The molecular formula is C9H15NO. The van der Waals surface area contributed by atoms with E-state index in [9.17, 15) is 4.79 Å². The van der Waals surface area contributed by atoms with Gasteiger partial charge < -0.3 is 4.90 Å². The Morgan fingerprint density at radius 3 is 3.09 bits per heavy atom. The van der Waals surface area contributed by atoms with Crippen LogP contribution in [0, 0.1) is 5.92 Å². The third kappa shape index (κ3) is 1.05. The van der Waals surface area contributed by atoms with Crippen molar-refractivity contribution in [3.05, 3.63) is 0 Å². The van der Waals surface area contributed by atoms with Crippen LogP contribution in [0.15, 0.2) is 0 Å². The van der Waals surface area contributed by atoms with Gasteiger partial charge in [-0.3, -0.25) is 4.79 Å². The van der Waals surface area contributed by atoms with Crippen molar-refractivity contribution >= 4 is 5.91 Å². The molecule has 2 heteroatoms. The van der Waals surface area contributed by atoms with Crippen molar-refractivity contribution in [3.63, 3.8) is 0 Å². The van der Waals surface area contributed by atoms with E-state index in [2.05, 4.69) is 11.8 Å². The van der Waals surface area contributed by atoms with Gasteiger partial charge in [0.05, 0.1) is 0 Å². The highest BCUT2D eigenvalue weighted by Crippen LogP contribution is 2.36. The van der Waals surface area contributed by atoms with Gasteiger partial charge in [-0.15, -0.1) is 0 Å². The topological polar surface area (TPSA) is 20.3 Å². The van der Waals surface area contributed by atoms with Crippen LogP contribution in [-0.2, 0) is 4.79 Å². The molecule has 1 aliphatic carbocycles. The van der Waals surface area contributed by atoms with Crippen molar-refractivity contribution in [2.75, 3.05) is 6.54 Å². The van der Waals surface area contributed by atoms with E-state index in [4.69, 9.17) is 0 Å². The quantitative estimate of drug-likeness (QED) is 0.557. The van der Waals surface area contributed by atoms with Gasteiger partial charge >= 0.3 is 0 Å². The third-order valence-electron chi connectivity index (χ3n) is 3.08. The molecule has 0 spiro atoms. The molecule has 62 valence electrons. The highest BCUT2D eigenvalue weighted by molar-refractivity contribution is 5.78. The lowest BCUT2D eigenvalue weighted by atomic mass is 9.99. The number of hydrogen-bond acceptors (Lipinski definition) is 1. The molecule has 2 atom stereocenters. The van der Waals surface area contributed by atoms with Crippen LogP contribution in [0.4, 0.5) is 0 Å². The van der Waals surface area contributed by atoms with Crippen molar-refractivity contribution in [1.29, 1.82) is 0 Å². The van der Waals surface area contributed by atoms with Crippen LogP contribution >= 0.6 is 0 Å². The van der Waals surface area contributed by atoms with Crippen LogP contribution in [0.2, 0.25) is 0 Å². The van der Waals surface area contributed by atoms with Gasteiger partial charge in [0.1, 0.15) is 0 Å². The molecule has 0 N–H and O–H groups in total. The largest absolute Gasteiger partial charge is 0.340 e. The maximum absolute atomic E-state index is 11.4. The average molecular weight is 153 g/mol. The van der Waals surface area contributed by atoms with Gasteiger partial charge in [-0.2, -0.15) is 0 Å². The summed E-state index contributed by atoms with van der Waals surface area (Å²) in [7, 11) is 0. The molecule has 2 bridgehead atoms. The first-order valence-electron chi connectivity index (χ1n) is 4.60. The molecule has 0 aromatic heterocycles. The number of carbonyl (C=O) groups excluding carboxylic acids is 1. The second kappa shape index (κ2) is 2.50. The van der Waals surface area contributed by atoms with Crippen LogP contribution in [-0.4, -0.2) is 23.4 Å². The van der Waals surface area contributed by atoms with Crippen molar-refractivity contribution in [2.24, 2.45) is 5.92 Å². The predicted molar refractivity (Wildman–Crippen MR) is 43.1 cm³/mol. The Labute approximate surface area is 67.6 Å². The van der Waals surface area contributed by atoms with Crippen molar-refractivity contribution in [1.82, 2.24) is 4.90 Å². The van der Waals surface area contributed by atoms with Crippen molar-refractivity contribution in [2.45, 2.75) is 38.6 Å². The fourth-order valence-electron chi connectivity index (χ4n) is 2.52. The summed E-state index contributed by atoms with van der Waals surface area (Å²) in [6.45, 7) is 2.99. The minimum absolute atomic E-state index is 0.395. The number of carbonyl (C=O) groups is 1. The molecule has 1 saturated carbocycles. The molecule has 1 amide bonds. The highest BCUT2D eigenvalue weighted by Gasteiger charge is 2.37. The maximum Gasteiger partial charge on any atom is 0.223 e. The first-order chi connectivity index (χ1) is 5.31. The fourth-order valence-corrected chi connectivity index (χ4v) is 2.52. The van der Waals surface area contributed by atoms with Crippen LogP contribution in [0.25, 0.3) is 0 Å². The zero-order valence-corrected chi connectivity index (χ0v) is 7.05. The van der Waals surface area contributed by atoms with E-state index in [1.807, 2.05) is 0 Å². The van der Waals surface area contributed by atoms with E-state index in [1.54, 1.807) is 0 Å². The maximum atomic E-state index is 11.4. The SMILES string of the molecule is CCN1C(=O)CC2CCC1C2. The molecule has 11 heavy (non-hydrogen) atoms. The lowest BCUT2D eigenvalue weighted by Crippen LogP contribution is -2.42. The Morgan fingerprint density at radius 1 is 1.55 bits per heavy atom. The number of piperidine rings is 1. The second-order valence-electron chi connectivity index (χ2n) is 3.72. The first-order valence-corrected chi connectivity index (χ1v) is 4.60. The van der Waals surface area contributed by atoms with Gasteiger partial charge in [-0.25, -0.2) is 0 Å². The summed E-state index contributed by atoms with van der Waals surface area (Å²) in [5.41, 5.74) is 0. The van der Waals surface area contributed by atoms with E-state index in [1.165, 1.54) is 19.3 Å². The van der Waals surface area contributed by atoms with Gasteiger partial charge in [0.25, 0.3) is 0 Å². The number of rotatable bonds is 1. The predicted octanol–water partition coefficient (Wildman–Crippen LogP) is 1.41. The average Bonchev–Trinajstić information content (AvgIpc) is 2.34. The molecule has 0 radical (unpaired) electrons. The van der Waals surface area contributed by atoms with E-state index in [0.717, 1.165) is 18.9 Å². The Morgan fingerprint density at radius 2 is 2.36 bits per heavy atom. The number of fused-ring (bicyclic) bond motifs is 2. The molecule has 2 rings (SSSR count). The van der Waals surface area contributed by atoms with E-state index >= 15 is 0 Å². The van der Waals surface area contributed by atoms with Crippen LogP contribution < -0.4 is 0 Å². The third-order valence-corrected chi connectivity index (χ3v) is 3.08. The molecular weight excluding hydrogens is 138 g/mol. The zero-order chi connectivity index (χ0) is 7.84. The minimum atomic E-state index is 0.395. The Balaban J connectivity index is 2.13. The molecule has 2 nitrogen and oxygen atoms in total. The van der Waals surface area contributed by atoms with E-state index in [0.29, 0.717) is 11.9 Å². The summed E-state index contributed by atoms with van der Waals surface area (Å²) in [4.78, 5) is 13.5. The molecule has 2 aliphatic rings. The fraction of sp³-hybridized carbons (Fsp3) is 0.889. The van der Waals surface area contributed by atoms with Crippen LogP contribution in [0.1, 0.15) is 32.6 Å². The molecule has 0 aromatic rings. The summed E-state index contributed by atoms with van der Waals surface area (Å²) in [5, 5.41) is 0. The van der Waals surface area contributed by atoms with Crippen LogP contribution in [0.3, 0.4) is 0 Å². The normalized spacial score (nSPS) is 36.5. The van der Waals surface area contributed by atoms with Gasteiger partial charge in [-0.1, -0.05) is 0 Å². The summed E-state index contributed by atoms with van der Waals surface area (Å²) >= 11 is 0. The lowest BCUT2D eigenvalue weighted by Gasteiger charge is -2.32. The van der Waals surface area contributed by atoms with Crippen molar-refractivity contribution in [3.8, 4) is 0 Å². The Kier molecular flexibility index (Phi) is 1.63. The number of nitrogens with zero attached hydrogens (tertiary/aromatic N) is 1. The summed E-state index contributed by atoms with van der Waals surface area (Å²) in [6.07, 6.45) is 4.64. The van der Waals surface area contributed by atoms with Gasteiger partial charge in [0.15, 0.2) is 0 Å². The second-order valence-corrected chi connectivity index (χ2v) is 3.72. The molecule has 2 unspecified atom stereocenters. The minimum Gasteiger partial charge on any atom is -0.340 e. The molecule has 2 fully saturated rings. The number of likely N-dealkylation sites (tertiary alicyclic amines) is 1. The monoisotopic (exact) mass is 153 g/mol. The highest BCUT2D eigenvalue weighted by atomic mass is 16.2. The van der Waals surface area contributed by atoms with Gasteiger partial charge in [0.2, 0.25) is 5.91 Å². The van der Waals surface area contributed by atoms with E-state index in [-0.39, 0.29) is 0 Å². The standard InChI is InChI=1S/C9H15NO/c1-2-10-8-4-3-7(5-8)6-9(10)11/h7-8H,2-6H2,1H3. The van der Waals surface area contributed by atoms with E-state index < -0.39 is 0 Å². The van der Waals surface area contributed by atoms with Gasteiger partial charge in [0, 0.05) is 19.0 Å². The first kappa shape index (κ1) is 7.14. The van der Waals surface area contributed by atoms with Crippen molar-refractivity contribution < 1.29 is 4.79 Å². The molecule has 0 aromatic carbocycles. The summed E-state index contributed by atoms with van der Waals surface area (Å²) in [6, 6.07) is 0.603.